The lowest BCUT2D eigenvalue weighted by atomic mass is 10.2. The molecule has 0 saturated heterocycles. The molecular weight excluding hydrogens is 294 g/mol. The van der Waals surface area contributed by atoms with Gasteiger partial charge in [-0.1, -0.05) is 41.9 Å². The molecule has 0 radical (unpaired) electrons. The first-order chi connectivity index (χ1) is 8.30. The number of halogens is 1. The number of rotatable bonds is 5. The molecule has 18 heavy (non-hydrogen) atoms. The number of hydrogen-bond acceptors (Lipinski definition) is 2. The van der Waals surface area contributed by atoms with E-state index in [1.807, 2.05) is 24.3 Å². The minimum atomic E-state index is -0.599. The van der Waals surface area contributed by atoms with E-state index in [1.54, 1.807) is 13.8 Å². The van der Waals surface area contributed by atoms with Crippen molar-refractivity contribution >= 4 is 27.5 Å². The molecule has 1 aromatic carbocycles. The fourth-order valence-electron chi connectivity index (χ4n) is 1.22. The van der Waals surface area contributed by atoms with E-state index < -0.39 is 4.32 Å². The summed E-state index contributed by atoms with van der Waals surface area (Å²) < 4.78 is 5.08. The van der Waals surface area contributed by atoms with Crippen molar-refractivity contribution in [1.29, 1.82) is 0 Å². The molecule has 0 fully saturated rings. The fraction of sp³-hybridized carbons (Fsp3) is 0.500. The van der Waals surface area contributed by atoms with E-state index in [4.69, 9.17) is 4.74 Å². The normalized spacial score (nSPS) is 11.4. The number of benzene rings is 1. The van der Waals surface area contributed by atoms with Crippen LogP contribution in [0.1, 0.15) is 27.7 Å². The Bertz CT molecular complexity index is 411. The van der Waals surface area contributed by atoms with Crippen molar-refractivity contribution in [3.05, 3.63) is 24.3 Å². The molecular formula is C14H20BrNO2. The van der Waals surface area contributed by atoms with Gasteiger partial charge in [-0.05, 0) is 31.9 Å². The molecule has 0 aliphatic heterocycles. The predicted molar refractivity (Wildman–Crippen MR) is 78.4 cm³/mol. The molecule has 1 amide bonds. The summed E-state index contributed by atoms with van der Waals surface area (Å²) >= 11 is 3.34. The SMILES string of the molecule is CC(C)COc1ccccc1NC(=O)C(C)(C)Br. The summed E-state index contributed by atoms with van der Waals surface area (Å²) in [7, 11) is 0. The molecule has 0 aliphatic rings. The van der Waals surface area contributed by atoms with Crippen LogP contribution in [-0.4, -0.2) is 16.8 Å². The van der Waals surface area contributed by atoms with Crippen LogP contribution in [0, 0.1) is 5.92 Å². The Morgan fingerprint density at radius 3 is 2.56 bits per heavy atom. The van der Waals surface area contributed by atoms with Gasteiger partial charge in [-0.15, -0.1) is 0 Å². The third-order valence-corrected chi connectivity index (χ3v) is 2.61. The molecule has 0 aromatic heterocycles. The molecule has 1 aromatic rings. The van der Waals surface area contributed by atoms with Crippen LogP contribution in [-0.2, 0) is 4.79 Å². The van der Waals surface area contributed by atoms with Crippen molar-refractivity contribution in [3.8, 4) is 5.75 Å². The Morgan fingerprint density at radius 1 is 1.39 bits per heavy atom. The van der Waals surface area contributed by atoms with Crippen molar-refractivity contribution in [3.63, 3.8) is 0 Å². The quantitative estimate of drug-likeness (QED) is 0.839. The minimum Gasteiger partial charge on any atom is -0.491 e. The molecule has 0 spiro atoms. The van der Waals surface area contributed by atoms with E-state index >= 15 is 0 Å². The number of nitrogens with one attached hydrogen (secondary N) is 1. The second kappa shape index (κ2) is 6.23. The first-order valence-corrected chi connectivity index (χ1v) is 6.82. The Hall–Kier alpha value is -1.03. The summed E-state index contributed by atoms with van der Waals surface area (Å²) in [6, 6.07) is 7.47. The number of hydrogen-bond donors (Lipinski definition) is 1. The zero-order chi connectivity index (χ0) is 13.8. The molecule has 0 heterocycles. The Labute approximate surface area is 117 Å². The number of ether oxygens (including phenoxy) is 1. The highest BCUT2D eigenvalue weighted by Crippen LogP contribution is 2.26. The van der Waals surface area contributed by atoms with Crippen molar-refractivity contribution in [2.75, 3.05) is 11.9 Å². The van der Waals surface area contributed by atoms with Gasteiger partial charge >= 0.3 is 0 Å². The third-order valence-electron chi connectivity index (χ3n) is 2.25. The summed E-state index contributed by atoms with van der Waals surface area (Å²) in [6.07, 6.45) is 0. The van der Waals surface area contributed by atoms with E-state index in [1.165, 1.54) is 0 Å². The standard InChI is InChI=1S/C14H20BrNO2/c1-10(2)9-18-12-8-6-5-7-11(12)16-13(17)14(3,4)15/h5-8,10H,9H2,1-4H3,(H,16,17). The number of carbonyl (C=O) groups is 1. The first-order valence-electron chi connectivity index (χ1n) is 6.03. The second-order valence-electron chi connectivity index (χ2n) is 5.13. The van der Waals surface area contributed by atoms with Gasteiger partial charge < -0.3 is 10.1 Å². The van der Waals surface area contributed by atoms with Crippen LogP contribution >= 0.6 is 15.9 Å². The molecule has 0 unspecified atom stereocenters. The largest absolute Gasteiger partial charge is 0.491 e. The highest BCUT2D eigenvalue weighted by Gasteiger charge is 2.24. The van der Waals surface area contributed by atoms with Gasteiger partial charge in [0.05, 0.1) is 16.6 Å². The average Bonchev–Trinajstić information content (AvgIpc) is 2.26. The second-order valence-corrected chi connectivity index (χ2v) is 7.11. The summed E-state index contributed by atoms with van der Waals surface area (Å²) in [4.78, 5) is 11.9. The molecule has 3 nitrogen and oxygen atoms in total. The summed E-state index contributed by atoms with van der Waals surface area (Å²) in [6.45, 7) is 8.41. The van der Waals surface area contributed by atoms with Crippen LogP contribution in [0.3, 0.4) is 0 Å². The molecule has 1 rings (SSSR count). The Kier molecular flexibility index (Phi) is 5.20. The van der Waals surface area contributed by atoms with E-state index in [0.29, 0.717) is 24.0 Å². The van der Waals surface area contributed by atoms with Crippen LogP contribution < -0.4 is 10.1 Å². The highest BCUT2D eigenvalue weighted by atomic mass is 79.9. The maximum atomic E-state index is 11.9. The molecule has 0 saturated carbocycles. The molecule has 4 heteroatoms. The van der Waals surface area contributed by atoms with Gasteiger partial charge in [0.2, 0.25) is 5.91 Å². The lowest BCUT2D eigenvalue weighted by Crippen LogP contribution is -2.31. The molecule has 0 aliphatic carbocycles. The zero-order valence-electron chi connectivity index (χ0n) is 11.3. The Morgan fingerprint density at radius 2 is 2.00 bits per heavy atom. The van der Waals surface area contributed by atoms with E-state index in [-0.39, 0.29) is 5.91 Å². The van der Waals surface area contributed by atoms with Crippen molar-refractivity contribution in [2.45, 2.75) is 32.0 Å². The first kappa shape index (κ1) is 15.0. The van der Waals surface area contributed by atoms with Gasteiger partial charge in [0, 0.05) is 0 Å². The van der Waals surface area contributed by atoms with Crippen molar-refractivity contribution in [1.82, 2.24) is 0 Å². The summed E-state index contributed by atoms with van der Waals surface area (Å²) in [5, 5.41) is 2.86. The topological polar surface area (TPSA) is 38.3 Å². The highest BCUT2D eigenvalue weighted by molar-refractivity contribution is 9.10. The van der Waals surface area contributed by atoms with Crippen LogP contribution in [0.25, 0.3) is 0 Å². The van der Waals surface area contributed by atoms with Crippen molar-refractivity contribution in [2.24, 2.45) is 5.92 Å². The summed E-state index contributed by atoms with van der Waals surface area (Å²) in [5.41, 5.74) is 0.704. The molecule has 0 bridgehead atoms. The maximum absolute atomic E-state index is 11.9. The van der Waals surface area contributed by atoms with Gasteiger partial charge in [0.25, 0.3) is 0 Å². The monoisotopic (exact) mass is 313 g/mol. The third kappa shape index (κ3) is 4.69. The van der Waals surface area contributed by atoms with Gasteiger partial charge in [0.15, 0.2) is 0 Å². The van der Waals surface area contributed by atoms with E-state index in [2.05, 4.69) is 35.1 Å². The maximum Gasteiger partial charge on any atom is 0.240 e. The summed E-state index contributed by atoms with van der Waals surface area (Å²) in [5.74, 6) is 1.06. The number of anilines is 1. The van der Waals surface area contributed by atoms with Crippen LogP contribution in [0.2, 0.25) is 0 Å². The number of carbonyl (C=O) groups excluding carboxylic acids is 1. The molecule has 100 valence electrons. The number of amides is 1. The van der Waals surface area contributed by atoms with Gasteiger partial charge in [-0.3, -0.25) is 4.79 Å². The number of para-hydroxylation sites is 2. The van der Waals surface area contributed by atoms with Gasteiger partial charge in [-0.2, -0.15) is 0 Å². The van der Waals surface area contributed by atoms with Crippen LogP contribution in [0.15, 0.2) is 24.3 Å². The van der Waals surface area contributed by atoms with E-state index in [9.17, 15) is 4.79 Å². The van der Waals surface area contributed by atoms with Gasteiger partial charge in [0.1, 0.15) is 5.75 Å². The van der Waals surface area contributed by atoms with Crippen molar-refractivity contribution < 1.29 is 9.53 Å². The lowest BCUT2D eigenvalue weighted by molar-refractivity contribution is -0.117. The van der Waals surface area contributed by atoms with Gasteiger partial charge in [-0.25, -0.2) is 0 Å². The lowest BCUT2D eigenvalue weighted by Gasteiger charge is -2.18. The van der Waals surface area contributed by atoms with Crippen LogP contribution in [0.4, 0.5) is 5.69 Å². The van der Waals surface area contributed by atoms with Crippen LogP contribution in [0.5, 0.6) is 5.75 Å². The predicted octanol–water partition coefficient (Wildman–Crippen LogP) is 3.83. The molecule has 0 atom stereocenters. The average molecular weight is 314 g/mol. The smallest absolute Gasteiger partial charge is 0.240 e. The Balaban J connectivity index is 2.79. The fourth-order valence-corrected chi connectivity index (χ4v) is 1.32. The minimum absolute atomic E-state index is 0.0944. The van der Waals surface area contributed by atoms with E-state index in [0.717, 1.165) is 0 Å². The number of alkyl halides is 1. The zero-order valence-corrected chi connectivity index (χ0v) is 12.9. The molecule has 1 N–H and O–H groups in total.